The maximum atomic E-state index is 14.0. The number of aliphatic hydroxyl groups is 1. The van der Waals surface area contributed by atoms with Gasteiger partial charge in [-0.05, 0) is 28.7 Å². The fourth-order valence-corrected chi connectivity index (χ4v) is 3.26. The molecule has 2 amide bonds. The molecule has 1 heterocycles. The van der Waals surface area contributed by atoms with Crippen LogP contribution in [-0.2, 0) is 22.7 Å². The second-order valence-corrected chi connectivity index (χ2v) is 8.58. The Hall–Kier alpha value is -1.77. The van der Waals surface area contributed by atoms with Crippen LogP contribution in [0.25, 0.3) is 0 Å². The van der Waals surface area contributed by atoms with Crippen molar-refractivity contribution in [2.75, 3.05) is 6.54 Å². The molecule has 0 radical (unpaired) electrons. The number of likely N-dealkylation sites (tertiary alicyclic amines) is 1. The third kappa shape index (κ3) is 5.18. The van der Waals surface area contributed by atoms with Gasteiger partial charge in [-0.3, -0.25) is 9.59 Å². The number of halogens is 3. The Bertz CT molecular complexity index is 752. The summed E-state index contributed by atoms with van der Waals surface area (Å²) in [5.74, 6) is -4.79. The largest absolute Gasteiger partial charge is 0.383 e. The van der Waals surface area contributed by atoms with E-state index in [1.54, 1.807) is 39.0 Å². The standard InChI is InChI=1S/C19H26ClF2N3O3/c1-18(2,3)15(26)17(28)25-10-19(21,22)7-14(25)16(27)24-9-12-6-13(20)5-4-11(12)8-23/h4-6,14-15,26H,7-10,23H2,1-3H3,(H,24,27). The molecule has 0 aromatic heterocycles. The van der Waals surface area contributed by atoms with E-state index in [0.717, 1.165) is 10.5 Å². The maximum absolute atomic E-state index is 14.0. The van der Waals surface area contributed by atoms with Crippen LogP contribution in [0.5, 0.6) is 0 Å². The molecule has 0 saturated carbocycles. The van der Waals surface area contributed by atoms with Crippen molar-refractivity contribution in [3.8, 4) is 0 Å². The number of hydrogen-bond donors (Lipinski definition) is 3. The number of amides is 2. The highest BCUT2D eigenvalue weighted by molar-refractivity contribution is 6.30. The molecule has 2 atom stereocenters. The Morgan fingerprint density at radius 2 is 2.04 bits per heavy atom. The molecule has 6 nitrogen and oxygen atoms in total. The average Bonchev–Trinajstić information content (AvgIpc) is 2.93. The van der Waals surface area contributed by atoms with Crippen LogP contribution in [0, 0.1) is 5.41 Å². The molecule has 2 unspecified atom stereocenters. The number of nitrogens with zero attached hydrogens (tertiary/aromatic N) is 1. The summed E-state index contributed by atoms with van der Waals surface area (Å²) in [7, 11) is 0. The summed E-state index contributed by atoms with van der Waals surface area (Å²) in [6, 6.07) is 3.67. The van der Waals surface area contributed by atoms with Crippen LogP contribution in [0.15, 0.2) is 18.2 Å². The van der Waals surface area contributed by atoms with Crippen molar-refractivity contribution in [2.24, 2.45) is 11.1 Å². The molecule has 1 saturated heterocycles. The van der Waals surface area contributed by atoms with E-state index in [4.69, 9.17) is 17.3 Å². The number of carbonyl (C=O) groups excluding carboxylic acids is 2. The van der Waals surface area contributed by atoms with E-state index in [-0.39, 0.29) is 13.1 Å². The summed E-state index contributed by atoms with van der Waals surface area (Å²) in [6.07, 6.45) is -2.28. The first-order valence-corrected chi connectivity index (χ1v) is 9.35. The Balaban J connectivity index is 2.16. The first kappa shape index (κ1) is 22.5. The monoisotopic (exact) mass is 417 g/mol. The topological polar surface area (TPSA) is 95.7 Å². The van der Waals surface area contributed by atoms with Gasteiger partial charge in [0.25, 0.3) is 11.8 Å². The van der Waals surface area contributed by atoms with Gasteiger partial charge in [-0.1, -0.05) is 38.4 Å². The van der Waals surface area contributed by atoms with Gasteiger partial charge >= 0.3 is 0 Å². The van der Waals surface area contributed by atoms with E-state index >= 15 is 0 Å². The van der Waals surface area contributed by atoms with Crippen molar-refractivity contribution in [1.29, 1.82) is 0 Å². The van der Waals surface area contributed by atoms with Crippen LogP contribution in [0.4, 0.5) is 8.78 Å². The summed E-state index contributed by atoms with van der Waals surface area (Å²) in [5, 5.41) is 13.2. The van der Waals surface area contributed by atoms with Gasteiger partial charge in [-0.2, -0.15) is 0 Å². The minimum Gasteiger partial charge on any atom is -0.383 e. The average molecular weight is 418 g/mol. The van der Waals surface area contributed by atoms with E-state index in [1.165, 1.54) is 0 Å². The molecule has 156 valence electrons. The highest BCUT2D eigenvalue weighted by Crippen LogP contribution is 2.34. The second-order valence-electron chi connectivity index (χ2n) is 8.15. The molecule has 4 N–H and O–H groups in total. The molecule has 9 heteroatoms. The summed E-state index contributed by atoms with van der Waals surface area (Å²) < 4.78 is 27.9. The molecular formula is C19H26ClF2N3O3. The predicted molar refractivity (Wildman–Crippen MR) is 102 cm³/mol. The Kier molecular flexibility index (Phi) is 6.68. The molecular weight excluding hydrogens is 392 g/mol. The van der Waals surface area contributed by atoms with E-state index in [0.29, 0.717) is 10.6 Å². The van der Waals surface area contributed by atoms with Crippen LogP contribution >= 0.6 is 11.6 Å². The highest BCUT2D eigenvalue weighted by Gasteiger charge is 2.51. The number of rotatable bonds is 5. The molecule has 28 heavy (non-hydrogen) atoms. The molecule has 0 bridgehead atoms. The third-order valence-electron chi connectivity index (χ3n) is 4.75. The van der Waals surface area contributed by atoms with Crippen LogP contribution in [0.2, 0.25) is 5.02 Å². The Morgan fingerprint density at radius 3 is 2.61 bits per heavy atom. The number of benzene rings is 1. The molecule has 1 aliphatic rings. The van der Waals surface area contributed by atoms with Crippen LogP contribution in [0.1, 0.15) is 38.3 Å². The Labute approximate surface area is 168 Å². The minimum absolute atomic E-state index is 0.0395. The molecule has 0 aliphatic carbocycles. The normalized spacial score (nSPS) is 20.1. The van der Waals surface area contributed by atoms with Gasteiger partial charge < -0.3 is 21.1 Å². The summed E-state index contributed by atoms with van der Waals surface area (Å²) in [5.41, 5.74) is 6.25. The molecule has 1 fully saturated rings. The summed E-state index contributed by atoms with van der Waals surface area (Å²) in [4.78, 5) is 25.9. The fourth-order valence-electron chi connectivity index (χ4n) is 3.07. The minimum atomic E-state index is -3.20. The summed E-state index contributed by atoms with van der Waals surface area (Å²) >= 11 is 5.96. The highest BCUT2D eigenvalue weighted by atomic mass is 35.5. The molecule has 1 aromatic rings. The Morgan fingerprint density at radius 1 is 1.39 bits per heavy atom. The number of hydrogen-bond acceptors (Lipinski definition) is 4. The van der Waals surface area contributed by atoms with Gasteiger partial charge in [0.2, 0.25) is 5.91 Å². The van der Waals surface area contributed by atoms with Crippen molar-refractivity contribution >= 4 is 23.4 Å². The van der Waals surface area contributed by atoms with Gasteiger partial charge in [0.05, 0.1) is 6.54 Å². The van der Waals surface area contributed by atoms with Gasteiger partial charge in [0.1, 0.15) is 12.1 Å². The van der Waals surface area contributed by atoms with Gasteiger partial charge in [-0.25, -0.2) is 8.78 Å². The summed E-state index contributed by atoms with van der Waals surface area (Å²) in [6.45, 7) is 4.22. The number of nitrogens with two attached hydrogens (primary N) is 1. The molecule has 1 aliphatic heterocycles. The van der Waals surface area contributed by atoms with Gasteiger partial charge in [0.15, 0.2) is 0 Å². The maximum Gasteiger partial charge on any atom is 0.267 e. The predicted octanol–water partition coefficient (Wildman–Crippen LogP) is 2.06. The first-order chi connectivity index (χ1) is 12.9. The third-order valence-corrected chi connectivity index (χ3v) is 4.99. The van der Waals surface area contributed by atoms with Crippen LogP contribution < -0.4 is 11.1 Å². The fraction of sp³-hybridized carbons (Fsp3) is 0.579. The van der Waals surface area contributed by atoms with Crippen molar-refractivity contribution in [3.05, 3.63) is 34.3 Å². The van der Waals surface area contributed by atoms with Crippen molar-refractivity contribution in [1.82, 2.24) is 10.2 Å². The SMILES string of the molecule is CC(C)(C)C(O)C(=O)N1CC(F)(F)CC1C(=O)NCc1cc(Cl)ccc1CN. The number of carbonyl (C=O) groups is 2. The van der Waals surface area contributed by atoms with Crippen molar-refractivity contribution in [3.63, 3.8) is 0 Å². The first-order valence-electron chi connectivity index (χ1n) is 8.97. The number of nitrogens with one attached hydrogen (secondary N) is 1. The van der Waals surface area contributed by atoms with E-state index in [1.807, 2.05) is 0 Å². The number of aliphatic hydroxyl groups excluding tert-OH is 1. The molecule has 0 spiro atoms. The van der Waals surface area contributed by atoms with Gasteiger partial charge in [-0.15, -0.1) is 0 Å². The zero-order valence-electron chi connectivity index (χ0n) is 16.1. The van der Waals surface area contributed by atoms with Crippen molar-refractivity contribution < 1.29 is 23.5 Å². The van der Waals surface area contributed by atoms with E-state index < -0.39 is 48.3 Å². The van der Waals surface area contributed by atoms with E-state index in [9.17, 15) is 23.5 Å². The smallest absolute Gasteiger partial charge is 0.267 e. The van der Waals surface area contributed by atoms with Crippen LogP contribution in [0.3, 0.4) is 0 Å². The lowest BCUT2D eigenvalue weighted by Crippen LogP contribution is -2.51. The van der Waals surface area contributed by atoms with Gasteiger partial charge in [0, 0.05) is 24.5 Å². The van der Waals surface area contributed by atoms with Crippen molar-refractivity contribution in [2.45, 2.75) is 58.3 Å². The zero-order valence-corrected chi connectivity index (χ0v) is 16.9. The molecule has 2 rings (SSSR count). The zero-order chi connectivity index (χ0) is 21.3. The lowest BCUT2D eigenvalue weighted by Gasteiger charge is -2.31. The quantitative estimate of drug-likeness (QED) is 0.683. The second kappa shape index (κ2) is 8.31. The van der Waals surface area contributed by atoms with Crippen LogP contribution in [-0.4, -0.2) is 46.4 Å². The number of alkyl halides is 2. The lowest BCUT2D eigenvalue weighted by molar-refractivity contribution is -0.150. The molecule has 1 aromatic carbocycles. The lowest BCUT2D eigenvalue weighted by atomic mass is 9.88. The van der Waals surface area contributed by atoms with E-state index in [2.05, 4.69) is 5.32 Å².